The lowest BCUT2D eigenvalue weighted by Gasteiger charge is -2.30. The topological polar surface area (TPSA) is 41.6 Å². The molecule has 1 saturated heterocycles. The van der Waals surface area contributed by atoms with Crippen molar-refractivity contribution in [2.45, 2.75) is 39.5 Å². The summed E-state index contributed by atoms with van der Waals surface area (Å²) in [6.07, 6.45) is 4.35. The molecule has 4 heteroatoms. The first-order chi connectivity index (χ1) is 8.77. The molecule has 1 aliphatic heterocycles. The van der Waals surface area contributed by atoms with Crippen LogP contribution in [0.3, 0.4) is 0 Å². The second kappa shape index (κ2) is 9.34. The Morgan fingerprint density at radius 1 is 1.28 bits per heavy atom. The number of hydrogen-bond donors (Lipinski definition) is 1. The largest absolute Gasteiger partial charge is 0.372 e. The summed E-state index contributed by atoms with van der Waals surface area (Å²) in [5.74, 6) is 0.816. The number of carbonyl (C=O) groups is 1. The molecule has 0 radical (unpaired) electrons. The van der Waals surface area contributed by atoms with Crippen LogP contribution in [0, 0.1) is 5.92 Å². The van der Waals surface area contributed by atoms with E-state index < -0.39 is 0 Å². The number of amides is 1. The van der Waals surface area contributed by atoms with Gasteiger partial charge in [0.1, 0.15) is 6.61 Å². The Morgan fingerprint density at radius 3 is 2.61 bits per heavy atom. The zero-order chi connectivity index (χ0) is 13.2. The third-order valence-corrected chi connectivity index (χ3v) is 3.36. The molecule has 4 nitrogen and oxygen atoms in total. The van der Waals surface area contributed by atoms with Crippen molar-refractivity contribution >= 4 is 5.91 Å². The molecule has 0 saturated carbocycles. The molecule has 0 unspecified atom stereocenters. The second-order valence-electron chi connectivity index (χ2n) is 5.09. The van der Waals surface area contributed by atoms with Gasteiger partial charge in [0.25, 0.3) is 0 Å². The van der Waals surface area contributed by atoms with Gasteiger partial charge in [0.2, 0.25) is 5.91 Å². The monoisotopic (exact) mass is 256 g/mol. The maximum Gasteiger partial charge on any atom is 0.248 e. The van der Waals surface area contributed by atoms with Crippen molar-refractivity contribution in [3.8, 4) is 0 Å². The van der Waals surface area contributed by atoms with Crippen LogP contribution in [0.25, 0.3) is 0 Å². The number of piperidine rings is 1. The van der Waals surface area contributed by atoms with Gasteiger partial charge in [-0.1, -0.05) is 13.8 Å². The Kier molecular flexibility index (Phi) is 8.01. The summed E-state index contributed by atoms with van der Waals surface area (Å²) < 4.78 is 5.36. The molecular weight excluding hydrogens is 228 g/mol. The fourth-order valence-corrected chi connectivity index (χ4v) is 2.36. The Balaban J connectivity index is 2.34. The Morgan fingerprint density at radius 2 is 2.00 bits per heavy atom. The van der Waals surface area contributed by atoms with Crippen LogP contribution in [-0.2, 0) is 9.53 Å². The van der Waals surface area contributed by atoms with Crippen molar-refractivity contribution in [2.75, 3.05) is 39.4 Å². The summed E-state index contributed by atoms with van der Waals surface area (Å²) in [5.41, 5.74) is 0. The summed E-state index contributed by atoms with van der Waals surface area (Å²) in [4.78, 5) is 14.1. The third-order valence-electron chi connectivity index (χ3n) is 3.36. The zero-order valence-corrected chi connectivity index (χ0v) is 11.9. The van der Waals surface area contributed by atoms with Crippen LogP contribution in [0.15, 0.2) is 0 Å². The number of rotatable bonds is 8. The molecule has 0 spiro atoms. The van der Waals surface area contributed by atoms with E-state index in [1.807, 2.05) is 4.90 Å². The van der Waals surface area contributed by atoms with Crippen molar-refractivity contribution in [2.24, 2.45) is 5.92 Å². The molecule has 1 amide bonds. The molecule has 0 aliphatic carbocycles. The van der Waals surface area contributed by atoms with E-state index in [0.717, 1.165) is 39.0 Å². The van der Waals surface area contributed by atoms with Gasteiger partial charge >= 0.3 is 0 Å². The number of nitrogens with zero attached hydrogens (tertiary/aromatic N) is 1. The Hall–Kier alpha value is -0.610. The highest BCUT2D eigenvalue weighted by Gasteiger charge is 2.20. The van der Waals surface area contributed by atoms with Gasteiger partial charge < -0.3 is 15.0 Å². The molecule has 1 rings (SSSR count). The van der Waals surface area contributed by atoms with Gasteiger partial charge in [-0.2, -0.15) is 0 Å². The second-order valence-corrected chi connectivity index (χ2v) is 5.09. The normalized spacial score (nSPS) is 16.8. The van der Waals surface area contributed by atoms with Crippen LogP contribution < -0.4 is 5.32 Å². The summed E-state index contributed by atoms with van der Waals surface area (Å²) in [7, 11) is 0. The lowest BCUT2D eigenvalue weighted by Crippen LogP contribution is -2.41. The average molecular weight is 256 g/mol. The Bertz CT molecular complexity index is 228. The van der Waals surface area contributed by atoms with Crippen molar-refractivity contribution < 1.29 is 9.53 Å². The predicted octanol–water partition coefficient (Wildman–Crippen LogP) is 1.65. The maximum atomic E-state index is 12.1. The molecule has 0 aromatic heterocycles. The molecular formula is C14H28N2O2. The molecule has 0 bridgehead atoms. The number of nitrogens with one attached hydrogen (secondary N) is 1. The van der Waals surface area contributed by atoms with E-state index in [-0.39, 0.29) is 12.5 Å². The first-order valence-electron chi connectivity index (χ1n) is 7.34. The smallest absolute Gasteiger partial charge is 0.248 e. The van der Waals surface area contributed by atoms with Crippen molar-refractivity contribution in [1.82, 2.24) is 10.2 Å². The number of ether oxygens (including phenoxy) is 1. The van der Waals surface area contributed by atoms with Crippen molar-refractivity contribution in [3.63, 3.8) is 0 Å². The minimum atomic E-state index is 0.156. The van der Waals surface area contributed by atoms with Gasteiger partial charge in [0.05, 0.1) is 0 Å². The summed E-state index contributed by atoms with van der Waals surface area (Å²) in [6.45, 7) is 9.05. The minimum absolute atomic E-state index is 0.156. The molecule has 0 aromatic carbocycles. The Labute approximate surface area is 111 Å². The van der Waals surface area contributed by atoms with Gasteiger partial charge in [-0.05, 0) is 44.7 Å². The molecule has 106 valence electrons. The van der Waals surface area contributed by atoms with Gasteiger partial charge in [0, 0.05) is 19.7 Å². The van der Waals surface area contributed by atoms with E-state index in [0.29, 0.717) is 12.5 Å². The van der Waals surface area contributed by atoms with Crippen LogP contribution in [-0.4, -0.2) is 50.2 Å². The van der Waals surface area contributed by atoms with Gasteiger partial charge in [-0.25, -0.2) is 0 Å². The average Bonchev–Trinajstić information content (AvgIpc) is 2.39. The van der Waals surface area contributed by atoms with E-state index in [1.165, 1.54) is 12.8 Å². The summed E-state index contributed by atoms with van der Waals surface area (Å²) in [6, 6.07) is 0. The minimum Gasteiger partial charge on any atom is -0.372 e. The molecule has 1 N–H and O–H groups in total. The van der Waals surface area contributed by atoms with E-state index >= 15 is 0 Å². The van der Waals surface area contributed by atoms with Crippen LogP contribution in [0.1, 0.15) is 39.5 Å². The lowest BCUT2D eigenvalue weighted by atomic mass is 9.97. The first-order valence-corrected chi connectivity index (χ1v) is 7.34. The highest BCUT2D eigenvalue weighted by Crippen LogP contribution is 2.14. The highest BCUT2D eigenvalue weighted by atomic mass is 16.5. The van der Waals surface area contributed by atoms with Crippen LogP contribution in [0.5, 0.6) is 0 Å². The maximum absolute atomic E-state index is 12.1. The fourth-order valence-electron chi connectivity index (χ4n) is 2.36. The molecule has 0 aromatic rings. The lowest BCUT2D eigenvalue weighted by molar-refractivity contribution is -0.137. The zero-order valence-electron chi connectivity index (χ0n) is 11.9. The fraction of sp³-hybridized carbons (Fsp3) is 0.929. The van der Waals surface area contributed by atoms with Crippen LogP contribution in [0.4, 0.5) is 0 Å². The predicted molar refractivity (Wildman–Crippen MR) is 73.6 cm³/mol. The van der Waals surface area contributed by atoms with E-state index in [9.17, 15) is 4.79 Å². The summed E-state index contributed by atoms with van der Waals surface area (Å²) >= 11 is 0. The van der Waals surface area contributed by atoms with Gasteiger partial charge in [-0.15, -0.1) is 0 Å². The van der Waals surface area contributed by atoms with Crippen LogP contribution >= 0.6 is 0 Å². The third kappa shape index (κ3) is 5.83. The summed E-state index contributed by atoms with van der Waals surface area (Å²) in [5, 5.41) is 3.36. The standard InChI is InChI=1S/C14H28N2O2/c1-3-9-16(14(17)12-18-10-4-2)11-13-5-7-15-8-6-13/h13,15H,3-12H2,1-2H3. The van der Waals surface area contributed by atoms with Gasteiger partial charge in [-0.3, -0.25) is 4.79 Å². The molecule has 0 atom stereocenters. The highest BCUT2D eigenvalue weighted by molar-refractivity contribution is 5.77. The van der Waals surface area contributed by atoms with E-state index in [2.05, 4.69) is 19.2 Å². The first kappa shape index (κ1) is 15.4. The molecule has 18 heavy (non-hydrogen) atoms. The van der Waals surface area contributed by atoms with Crippen molar-refractivity contribution in [1.29, 1.82) is 0 Å². The molecule has 1 fully saturated rings. The van der Waals surface area contributed by atoms with E-state index in [1.54, 1.807) is 0 Å². The van der Waals surface area contributed by atoms with Gasteiger partial charge in [0.15, 0.2) is 0 Å². The quantitative estimate of drug-likeness (QED) is 0.671. The number of carbonyl (C=O) groups excluding carboxylic acids is 1. The molecule has 1 heterocycles. The SMILES string of the molecule is CCCOCC(=O)N(CCC)CC1CCNCC1. The van der Waals surface area contributed by atoms with Crippen LogP contribution in [0.2, 0.25) is 0 Å². The van der Waals surface area contributed by atoms with Crippen molar-refractivity contribution in [3.05, 3.63) is 0 Å². The number of hydrogen-bond acceptors (Lipinski definition) is 3. The molecule has 1 aliphatic rings. The van der Waals surface area contributed by atoms with E-state index in [4.69, 9.17) is 4.74 Å².